The molecule has 1 aliphatic heterocycles. The van der Waals surface area contributed by atoms with Crippen molar-refractivity contribution in [2.45, 2.75) is 64.1 Å². The topological polar surface area (TPSA) is 29.5 Å². The van der Waals surface area contributed by atoms with Crippen molar-refractivity contribution in [1.82, 2.24) is 0 Å². The van der Waals surface area contributed by atoms with Crippen molar-refractivity contribution in [3.63, 3.8) is 0 Å². The molecule has 0 radical (unpaired) electrons. The summed E-state index contributed by atoms with van der Waals surface area (Å²) >= 11 is 0. The van der Waals surface area contributed by atoms with Gasteiger partial charge in [-0.25, -0.2) is 0 Å². The molecule has 1 unspecified atom stereocenters. The van der Waals surface area contributed by atoms with Crippen LogP contribution in [0.1, 0.15) is 52.4 Å². The Morgan fingerprint density at radius 3 is 2.36 bits per heavy atom. The Morgan fingerprint density at radius 1 is 1.14 bits per heavy atom. The highest BCUT2D eigenvalue weighted by Gasteiger charge is 2.42. The second kappa shape index (κ2) is 3.49. The summed E-state index contributed by atoms with van der Waals surface area (Å²) in [6.07, 6.45) is 6.31. The predicted molar refractivity (Wildman–Crippen MR) is 56.2 cm³/mol. The van der Waals surface area contributed by atoms with Gasteiger partial charge in [0.1, 0.15) is 0 Å². The van der Waals surface area contributed by atoms with Crippen LogP contribution in [0.3, 0.4) is 0 Å². The van der Waals surface area contributed by atoms with Crippen LogP contribution < -0.4 is 0 Å². The van der Waals surface area contributed by atoms with Gasteiger partial charge in [-0.3, -0.25) is 0 Å². The second-order valence-electron chi connectivity index (χ2n) is 5.84. The highest BCUT2D eigenvalue weighted by molar-refractivity contribution is 4.93. The Hall–Kier alpha value is -0.0800. The van der Waals surface area contributed by atoms with Crippen molar-refractivity contribution < 1.29 is 9.84 Å². The van der Waals surface area contributed by atoms with Gasteiger partial charge in [-0.2, -0.15) is 0 Å². The maximum absolute atomic E-state index is 9.68. The van der Waals surface area contributed by atoms with Gasteiger partial charge in [-0.15, -0.1) is 0 Å². The summed E-state index contributed by atoms with van der Waals surface area (Å²) in [6, 6.07) is 0. The number of ether oxygens (including phenoxy) is 1. The van der Waals surface area contributed by atoms with E-state index in [1.165, 1.54) is 12.8 Å². The van der Waals surface area contributed by atoms with E-state index >= 15 is 0 Å². The van der Waals surface area contributed by atoms with Gasteiger partial charge >= 0.3 is 0 Å². The van der Waals surface area contributed by atoms with Gasteiger partial charge in [0.25, 0.3) is 0 Å². The van der Waals surface area contributed by atoms with Crippen LogP contribution >= 0.6 is 0 Å². The van der Waals surface area contributed by atoms with Gasteiger partial charge in [0, 0.05) is 13.0 Å². The molecule has 14 heavy (non-hydrogen) atoms. The Balaban J connectivity index is 1.98. The molecule has 0 bridgehead atoms. The minimum atomic E-state index is -0.120. The lowest BCUT2D eigenvalue weighted by Gasteiger charge is -2.46. The Labute approximate surface area is 86.6 Å². The van der Waals surface area contributed by atoms with Crippen LogP contribution in [0.4, 0.5) is 0 Å². The Kier molecular flexibility index (Phi) is 2.61. The quantitative estimate of drug-likeness (QED) is 0.648. The molecule has 1 saturated carbocycles. The number of hydrogen-bond acceptors (Lipinski definition) is 2. The van der Waals surface area contributed by atoms with Crippen molar-refractivity contribution >= 4 is 0 Å². The molecule has 2 rings (SSSR count). The molecular weight excluding hydrogens is 176 g/mol. The van der Waals surface area contributed by atoms with Gasteiger partial charge in [0.05, 0.1) is 11.7 Å². The molecule has 0 aromatic carbocycles. The van der Waals surface area contributed by atoms with Gasteiger partial charge in [-0.1, -0.05) is 13.8 Å². The van der Waals surface area contributed by atoms with E-state index in [2.05, 4.69) is 13.8 Å². The summed E-state index contributed by atoms with van der Waals surface area (Å²) in [4.78, 5) is 0. The van der Waals surface area contributed by atoms with Crippen LogP contribution in [0.25, 0.3) is 0 Å². The SMILES string of the molecule is CC1(C)CCC2(CC1)CC(O)CCO2. The smallest absolute Gasteiger partial charge is 0.0707 e. The average molecular weight is 198 g/mol. The summed E-state index contributed by atoms with van der Waals surface area (Å²) in [7, 11) is 0. The van der Waals surface area contributed by atoms with Gasteiger partial charge in [0.2, 0.25) is 0 Å². The fraction of sp³-hybridized carbons (Fsp3) is 1.00. The first-order chi connectivity index (χ1) is 6.52. The number of aliphatic hydroxyl groups excluding tert-OH is 1. The minimum Gasteiger partial charge on any atom is -0.393 e. The van der Waals surface area contributed by atoms with Crippen molar-refractivity contribution in [3.05, 3.63) is 0 Å². The fourth-order valence-electron chi connectivity index (χ4n) is 2.73. The Bertz CT molecular complexity index is 200. The molecule has 1 saturated heterocycles. The maximum Gasteiger partial charge on any atom is 0.0707 e. The van der Waals surface area contributed by atoms with Crippen LogP contribution in [0.15, 0.2) is 0 Å². The highest BCUT2D eigenvalue weighted by atomic mass is 16.5. The summed E-state index contributed by atoms with van der Waals surface area (Å²) < 4.78 is 5.91. The van der Waals surface area contributed by atoms with E-state index in [0.29, 0.717) is 5.41 Å². The zero-order valence-electron chi connectivity index (χ0n) is 9.38. The van der Waals surface area contributed by atoms with E-state index in [1.807, 2.05) is 0 Å². The fourth-order valence-corrected chi connectivity index (χ4v) is 2.73. The van der Waals surface area contributed by atoms with Gasteiger partial charge < -0.3 is 9.84 Å². The van der Waals surface area contributed by atoms with E-state index in [1.54, 1.807) is 0 Å². The monoisotopic (exact) mass is 198 g/mol. The molecule has 1 aliphatic carbocycles. The first kappa shape index (κ1) is 10.4. The summed E-state index contributed by atoms with van der Waals surface area (Å²) in [5.41, 5.74) is 0.518. The van der Waals surface area contributed by atoms with Gasteiger partial charge in [0.15, 0.2) is 0 Å². The van der Waals surface area contributed by atoms with E-state index in [9.17, 15) is 5.11 Å². The number of hydrogen-bond donors (Lipinski definition) is 1. The first-order valence-electron chi connectivity index (χ1n) is 5.84. The molecule has 2 heteroatoms. The molecule has 1 spiro atoms. The third-order valence-electron chi connectivity index (χ3n) is 3.98. The molecule has 1 atom stereocenters. The van der Waals surface area contributed by atoms with Crippen LogP contribution in [-0.4, -0.2) is 23.4 Å². The van der Waals surface area contributed by atoms with E-state index in [0.717, 1.165) is 32.3 Å². The van der Waals surface area contributed by atoms with Crippen LogP contribution in [-0.2, 0) is 4.74 Å². The molecule has 1 N–H and O–H groups in total. The largest absolute Gasteiger partial charge is 0.393 e. The van der Waals surface area contributed by atoms with E-state index in [4.69, 9.17) is 4.74 Å². The average Bonchev–Trinajstić information content (AvgIpc) is 2.12. The predicted octanol–water partition coefficient (Wildman–Crippen LogP) is 2.50. The molecule has 82 valence electrons. The third-order valence-corrected chi connectivity index (χ3v) is 3.98. The molecule has 0 aromatic heterocycles. The van der Waals surface area contributed by atoms with Crippen molar-refractivity contribution in [1.29, 1.82) is 0 Å². The number of aliphatic hydroxyl groups is 1. The minimum absolute atomic E-state index is 0.0349. The summed E-state index contributed by atoms with van der Waals surface area (Å²) in [6.45, 7) is 5.42. The molecule has 1 heterocycles. The molecule has 0 aromatic rings. The first-order valence-corrected chi connectivity index (χ1v) is 5.84. The summed E-state index contributed by atoms with van der Waals surface area (Å²) in [5.74, 6) is 0. The zero-order chi connectivity index (χ0) is 10.2. The standard InChI is InChI=1S/C12H22O2/c1-11(2)4-6-12(7-5-11)9-10(13)3-8-14-12/h10,13H,3-9H2,1-2H3. The second-order valence-corrected chi connectivity index (χ2v) is 5.84. The van der Waals surface area contributed by atoms with Crippen LogP contribution in [0.5, 0.6) is 0 Å². The lowest BCUT2D eigenvalue weighted by Crippen LogP contribution is -2.45. The molecule has 0 amide bonds. The molecule has 2 nitrogen and oxygen atoms in total. The van der Waals surface area contributed by atoms with Crippen molar-refractivity contribution in [2.75, 3.05) is 6.61 Å². The number of rotatable bonds is 0. The Morgan fingerprint density at radius 2 is 1.79 bits per heavy atom. The zero-order valence-corrected chi connectivity index (χ0v) is 9.38. The van der Waals surface area contributed by atoms with Crippen LogP contribution in [0.2, 0.25) is 0 Å². The molecular formula is C12H22O2. The van der Waals surface area contributed by atoms with Gasteiger partial charge in [-0.05, 0) is 37.5 Å². The third kappa shape index (κ3) is 2.12. The molecule has 2 fully saturated rings. The normalized spacial score (nSPS) is 35.8. The van der Waals surface area contributed by atoms with E-state index in [-0.39, 0.29) is 11.7 Å². The van der Waals surface area contributed by atoms with Crippen molar-refractivity contribution in [3.8, 4) is 0 Å². The highest BCUT2D eigenvalue weighted by Crippen LogP contribution is 2.45. The molecule has 2 aliphatic rings. The lowest BCUT2D eigenvalue weighted by atomic mass is 9.68. The van der Waals surface area contributed by atoms with Crippen molar-refractivity contribution in [2.24, 2.45) is 5.41 Å². The lowest BCUT2D eigenvalue weighted by molar-refractivity contribution is -0.145. The summed E-state index contributed by atoms with van der Waals surface area (Å²) in [5, 5.41) is 9.68. The maximum atomic E-state index is 9.68. The van der Waals surface area contributed by atoms with Crippen LogP contribution in [0, 0.1) is 5.41 Å². The van der Waals surface area contributed by atoms with E-state index < -0.39 is 0 Å².